The predicted octanol–water partition coefficient (Wildman–Crippen LogP) is 0.0510. The third-order valence-corrected chi connectivity index (χ3v) is 2.46. The number of aliphatic hydroxyl groups is 1. The van der Waals surface area contributed by atoms with Crippen molar-refractivity contribution in [2.24, 2.45) is 0 Å². The Bertz CT molecular complexity index is 122. The first-order valence-electron chi connectivity index (χ1n) is 4.87. The highest BCUT2D eigenvalue weighted by Crippen LogP contribution is 2.08. The summed E-state index contributed by atoms with van der Waals surface area (Å²) in [6.07, 6.45) is 1.02. The van der Waals surface area contributed by atoms with Crippen LogP contribution < -0.4 is 5.32 Å². The normalized spacial score (nSPS) is 26.5. The zero-order valence-electron chi connectivity index (χ0n) is 8.08. The van der Waals surface area contributed by atoms with Crippen molar-refractivity contribution in [2.75, 3.05) is 26.2 Å². The van der Waals surface area contributed by atoms with Crippen LogP contribution >= 0.6 is 0 Å². The van der Waals surface area contributed by atoms with Gasteiger partial charge in [0, 0.05) is 19.1 Å². The second-order valence-corrected chi connectivity index (χ2v) is 3.58. The fraction of sp³-hybridized carbons (Fsp3) is 1.00. The van der Waals surface area contributed by atoms with Crippen molar-refractivity contribution in [2.45, 2.75) is 32.4 Å². The van der Waals surface area contributed by atoms with Gasteiger partial charge in [0.05, 0.1) is 6.10 Å². The lowest BCUT2D eigenvalue weighted by Gasteiger charge is -2.27. The van der Waals surface area contributed by atoms with E-state index in [1.165, 1.54) is 6.42 Å². The molecule has 0 aromatic rings. The highest BCUT2D eigenvalue weighted by Gasteiger charge is 2.21. The third kappa shape index (κ3) is 2.73. The minimum atomic E-state index is -0.203. The van der Waals surface area contributed by atoms with E-state index in [2.05, 4.69) is 17.1 Å². The van der Waals surface area contributed by atoms with Gasteiger partial charge in [-0.2, -0.15) is 0 Å². The maximum atomic E-state index is 9.25. The lowest BCUT2D eigenvalue weighted by atomic mass is 10.2. The molecule has 0 aromatic heterocycles. The molecule has 2 N–H and O–H groups in total. The Morgan fingerprint density at radius 3 is 2.83 bits per heavy atom. The van der Waals surface area contributed by atoms with Crippen molar-refractivity contribution in [1.82, 2.24) is 10.2 Å². The molecule has 72 valence electrons. The molecule has 1 rings (SSSR count). The first kappa shape index (κ1) is 9.96. The third-order valence-electron chi connectivity index (χ3n) is 2.46. The molecular formula is C9H20N2O. The Labute approximate surface area is 74.8 Å². The summed E-state index contributed by atoms with van der Waals surface area (Å²) in [5, 5.41) is 12.6. The summed E-state index contributed by atoms with van der Waals surface area (Å²) in [5.41, 5.74) is 0. The van der Waals surface area contributed by atoms with Crippen molar-refractivity contribution < 1.29 is 5.11 Å². The molecule has 1 aliphatic rings. The van der Waals surface area contributed by atoms with E-state index in [0.717, 1.165) is 26.2 Å². The number of nitrogens with zero attached hydrogens (tertiary/aromatic N) is 1. The lowest BCUT2D eigenvalue weighted by molar-refractivity contribution is 0.107. The summed E-state index contributed by atoms with van der Waals surface area (Å²) < 4.78 is 0. The fourth-order valence-corrected chi connectivity index (χ4v) is 1.83. The Kier molecular flexibility index (Phi) is 3.98. The number of hydrogen-bond acceptors (Lipinski definition) is 3. The number of likely N-dealkylation sites (N-methyl/N-ethyl adjacent to an activating group) is 1. The summed E-state index contributed by atoms with van der Waals surface area (Å²) in [4.78, 5) is 2.35. The van der Waals surface area contributed by atoms with Crippen molar-refractivity contribution in [3.05, 3.63) is 0 Å². The molecule has 3 heteroatoms. The molecule has 1 fully saturated rings. The molecule has 1 unspecified atom stereocenters. The largest absolute Gasteiger partial charge is 0.392 e. The molecule has 0 radical (unpaired) electrons. The summed E-state index contributed by atoms with van der Waals surface area (Å²) >= 11 is 0. The molecule has 0 saturated carbocycles. The molecule has 0 aromatic carbocycles. The van der Waals surface area contributed by atoms with Crippen LogP contribution in [0.5, 0.6) is 0 Å². The molecule has 0 bridgehead atoms. The minimum absolute atomic E-state index is 0.203. The van der Waals surface area contributed by atoms with Gasteiger partial charge in [-0.25, -0.2) is 0 Å². The average Bonchev–Trinajstić information content (AvgIpc) is 2.51. The molecule has 1 aliphatic heterocycles. The van der Waals surface area contributed by atoms with E-state index in [-0.39, 0.29) is 6.10 Å². The van der Waals surface area contributed by atoms with Crippen LogP contribution in [-0.2, 0) is 0 Å². The Morgan fingerprint density at radius 2 is 2.42 bits per heavy atom. The molecule has 1 heterocycles. The zero-order valence-corrected chi connectivity index (χ0v) is 8.08. The fourth-order valence-electron chi connectivity index (χ4n) is 1.83. The number of hydrogen-bond donors (Lipinski definition) is 2. The van der Waals surface area contributed by atoms with Gasteiger partial charge in [0.1, 0.15) is 0 Å². The van der Waals surface area contributed by atoms with Gasteiger partial charge in [0.2, 0.25) is 0 Å². The molecule has 0 aliphatic carbocycles. The van der Waals surface area contributed by atoms with Crippen LogP contribution in [0.1, 0.15) is 20.3 Å². The van der Waals surface area contributed by atoms with E-state index in [1.807, 2.05) is 6.92 Å². The van der Waals surface area contributed by atoms with Crippen molar-refractivity contribution >= 4 is 0 Å². The van der Waals surface area contributed by atoms with E-state index < -0.39 is 0 Å². The second-order valence-electron chi connectivity index (χ2n) is 3.58. The van der Waals surface area contributed by atoms with Crippen LogP contribution in [0.4, 0.5) is 0 Å². The maximum absolute atomic E-state index is 9.25. The van der Waals surface area contributed by atoms with Crippen molar-refractivity contribution in [1.29, 1.82) is 0 Å². The molecule has 1 saturated heterocycles. The Morgan fingerprint density at radius 1 is 1.67 bits per heavy atom. The highest BCUT2D eigenvalue weighted by molar-refractivity contribution is 4.80. The summed E-state index contributed by atoms with van der Waals surface area (Å²) in [6.45, 7) is 8.06. The van der Waals surface area contributed by atoms with Gasteiger partial charge in [-0.1, -0.05) is 6.92 Å². The predicted molar refractivity (Wildman–Crippen MR) is 50.2 cm³/mol. The quantitative estimate of drug-likeness (QED) is 0.629. The second kappa shape index (κ2) is 4.80. The Balaban J connectivity index is 2.32. The first-order valence-corrected chi connectivity index (χ1v) is 4.87. The molecule has 2 atom stereocenters. The standard InChI is InChI=1S/C9H20N2O/c1-3-11(7-8(2)12)9-4-5-10-6-9/h8-10,12H,3-7H2,1-2H3/t8-,9?/m0/s1. The average molecular weight is 172 g/mol. The van der Waals surface area contributed by atoms with Gasteiger partial charge in [-0.15, -0.1) is 0 Å². The van der Waals surface area contributed by atoms with Gasteiger partial charge < -0.3 is 10.4 Å². The first-order chi connectivity index (χ1) is 5.74. The SMILES string of the molecule is CCN(C[C@H](C)O)C1CCNC1. The van der Waals surface area contributed by atoms with Crippen LogP contribution in [0.2, 0.25) is 0 Å². The molecule has 3 nitrogen and oxygen atoms in total. The summed E-state index contributed by atoms with van der Waals surface area (Å²) in [7, 11) is 0. The summed E-state index contributed by atoms with van der Waals surface area (Å²) in [5.74, 6) is 0. The van der Waals surface area contributed by atoms with Crippen molar-refractivity contribution in [3.8, 4) is 0 Å². The lowest BCUT2D eigenvalue weighted by Crippen LogP contribution is -2.40. The van der Waals surface area contributed by atoms with E-state index in [0.29, 0.717) is 6.04 Å². The van der Waals surface area contributed by atoms with Gasteiger partial charge in [-0.3, -0.25) is 4.90 Å². The van der Waals surface area contributed by atoms with E-state index in [9.17, 15) is 5.11 Å². The van der Waals surface area contributed by atoms with Crippen LogP contribution in [0, 0.1) is 0 Å². The molecule has 12 heavy (non-hydrogen) atoms. The highest BCUT2D eigenvalue weighted by atomic mass is 16.3. The van der Waals surface area contributed by atoms with E-state index in [1.54, 1.807) is 0 Å². The van der Waals surface area contributed by atoms with Gasteiger partial charge in [0.15, 0.2) is 0 Å². The van der Waals surface area contributed by atoms with Crippen LogP contribution in [0.25, 0.3) is 0 Å². The Hall–Kier alpha value is -0.120. The number of aliphatic hydroxyl groups excluding tert-OH is 1. The maximum Gasteiger partial charge on any atom is 0.0639 e. The molecule has 0 amide bonds. The van der Waals surface area contributed by atoms with Crippen LogP contribution in [0.3, 0.4) is 0 Å². The van der Waals surface area contributed by atoms with Crippen molar-refractivity contribution in [3.63, 3.8) is 0 Å². The molecule has 0 spiro atoms. The van der Waals surface area contributed by atoms with Gasteiger partial charge >= 0.3 is 0 Å². The topological polar surface area (TPSA) is 35.5 Å². The van der Waals surface area contributed by atoms with Gasteiger partial charge in [-0.05, 0) is 26.4 Å². The van der Waals surface area contributed by atoms with Gasteiger partial charge in [0.25, 0.3) is 0 Å². The smallest absolute Gasteiger partial charge is 0.0639 e. The monoisotopic (exact) mass is 172 g/mol. The zero-order chi connectivity index (χ0) is 8.97. The van der Waals surface area contributed by atoms with E-state index >= 15 is 0 Å². The van der Waals surface area contributed by atoms with Crippen LogP contribution in [-0.4, -0.2) is 48.3 Å². The number of rotatable bonds is 4. The number of nitrogens with one attached hydrogen (secondary N) is 1. The van der Waals surface area contributed by atoms with Crippen LogP contribution in [0.15, 0.2) is 0 Å². The summed E-state index contributed by atoms with van der Waals surface area (Å²) in [6, 6.07) is 0.643. The minimum Gasteiger partial charge on any atom is -0.392 e. The molecular weight excluding hydrogens is 152 g/mol. The van der Waals surface area contributed by atoms with E-state index in [4.69, 9.17) is 0 Å².